The molecule has 0 fully saturated rings. The van der Waals surface area contributed by atoms with Crippen LogP contribution in [-0.2, 0) is 0 Å². The van der Waals surface area contributed by atoms with Crippen molar-refractivity contribution in [2.75, 3.05) is 0 Å². The van der Waals surface area contributed by atoms with Gasteiger partial charge in [-0.1, -0.05) is 140 Å². The van der Waals surface area contributed by atoms with E-state index in [1.54, 1.807) is 0 Å². The van der Waals surface area contributed by atoms with E-state index in [2.05, 4.69) is 133 Å². The second kappa shape index (κ2) is 12.4. The molecule has 50 heavy (non-hydrogen) atoms. The van der Waals surface area contributed by atoms with Crippen molar-refractivity contribution in [2.24, 2.45) is 0 Å². The maximum Gasteiger partial charge on any atom is 0.182 e. The van der Waals surface area contributed by atoms with Gasteiger partial charge in [0.15, 0.2) is 11.6 Å². The van der Waals surface area contributed by atoms with Crippen molar-refractivity contribution < 1.29 is 0 Å². The molecule has 2 aromatic heterocycles. The predicted molar refractivity (Wildman–Crippen MR) is 206 cm³/mol. The summed E-state index contributed by atoms with van der Waals surface area (Å²) in [5, 5.41) is 10.0. The van der Waals surface area contributed by atoms with Crippen molar-refractivity contribution in [3.63, 3.8) is 0 Å². The first-order chi connectivity index (χ1) is 24.7. The highest BCUT2D eigenvalue weighted by molar-refractivity contribution is 6.13. The first-order valence-electron chi connectivity index (χ1n) is 16.9. The van der Waals surface area contributed by atoms with Crippen LogP contribution in [0, 0.1) is 6.92 Å². The third-order valence-electron chi connectivity index (χ3n) is 9.30. The molecule has 0 aliphatic rings. The highest BCUT2D eigenvalue weighted by atomic mass is 15.4. The van der Waals surface area contributed by atoms with Crippen LogP contribution in [0.25, 0.3) is 83.5 Å². The fourth-order valence-electron chi connectivity index (χ4n) is 6.88. The molecule has 9 rings (SSSR count). The average Bonchev–Trinajstić information content (AvgIpc) is 3.63. The van der Waals surface area contributed by atoms with Gasteiger partial charge < -0.3 is 0 Å². The van der Waals surface area contributed by atoms with Crippen molar-refractivity contribution in [2.45, 2.75) is 6.92 Å². The fraction of sp³-hybridized carbons (Fsp3) is 0.0217. The van der Waals surface area contributed by atoms with Gasteiger partial charge in [-0.15, -0.1) is 5.10 Å². The lowest BCUT2D eigenvalue weighted by molar-refractivity contribution is 0.891. The Morgan fingerprint density at radius 2 is 1.02 bits per heavy atom. The summed E-state index contributed by atoms with van der Waals surface area (Å²) < 4.78 is 2.00. The number of hydrogen-bond acceptors (Lipinski definition) is 3. The molecular weight excluding hydrogens is 609 g/mol. The number of pyridine rings is 1. The highest BCUT2D eigenvalue weighted by Gasteiger charge is 2.19. The second-order valence-corrected chi connectivity index (χ2v) is 12.6. The van der Waals surface area contributed by atoms with E-state index in [4.69, 9.17) is 15.1 Å². The molecule has 7 aromatic carbocycles. The van der Waals surface area contributed by atoms with Crippen LogP contribution in [0.4, 0.5) is 0 Å². The van der Waals surface area contributed by atoms with Crippen molar-refractivity contribution in [3.05, 3.63) is 182 Å². The minimum atomic E-state index is 0.682. The summed E-state index contributed by atoms with van der Waals surface area (Å²) >= 11 is 0. The van der Waals surface area contributed by atoms with E-state index in [1.807, 2.05) is 54.1 Å². The van der Waals surface area contributed by atoms with Crippen LogP contribution in [0.15, 0.2) is 176 Å². The molecule has 0 N–H and O–H groups in total. The van der Waals surface area contributed by atoms with E-state index >= 15 is 0 Å². The lowest BCUT2D eigenvalue weighted by Crippen LogP contribution is -2.01. The van der Waals surface area contributed by atoms with Crippen molar-refractivity contribution in [1.29, 1.82) is 0 Å². The summed E-state index contributed by atoms with van der Waals surface area (Å²) in [7, 11) is 0. The largest absolute Gasteiger partial charge is 0.253 e. The lowest BCUT2D eigenvalue weighted by atomic mass is 9.90. The molecular formula is C46H32N4. The number of aromatic nitrogens is 4. The third kappa shape index (κ3) is 5.43. The van der Waals surface area contributed by atoms with Gasteiger partial charge in [-0.05, 0) is 87.1 Å². The van der Waals surface area contributed by atoms with Crippen LogP contribution in [0.5, 0.6) is 0 Å². The molecule has 0 unspecified atom stereocenters. The molecule has 0 radical (unpaired) electrons. The fourth-order valence-corrected chi connectivity index (χ4v) is 6.88. The van der Waals surface area contributed by atoms with Gasteiger partial charge in [-0.3, -0.25) is 4.98 Å². The summed E-state index contributed by atoms with van der Waals surface area (Å²) in [5.41, 5.74) is 10.5. The van der Waals surface area contributed by atoms with Gasteiger partial charge >= 0.3 is 0 Å². The van der Waals surface area contributed by atoms with Crippen LogP contribution in [0.2, 0.25) is 0 Å². The number of nitrogens with zero attached hydrogens (tertiary/aromatic N) is 4. The normalized spacial score (nSPS) is 11.3. The Bertz CT molecular complexity index is 2590. The van der Waals surface area contributed by atoms with Gasteiger partial charge in [0.25, 0.3) is 0 Å². The minimum Gasteiger partial charge on any atom is -0.253 e. The molecule has 9 aromatic rings. The maximum atomic E-state index is 5.18. The van der Waals surface area contributed by atoms with Crippen LogP contribution < -0.4 is 0 Å². The van der Waals surface area contributed by atoms with Gasteiger partial charge in [-0.25, -0.2) is 9.67 Å². The molecule has 0 amide bonds. The predicted octanol–water partition coefficient (Wildman–Crippen LogP) is 11.6. The Morgan fingerprint density at radius 1 is 0.420 bits per heavy atom. The molecule has 0 atom stereocenters. The van der Waals surface area contributed by atoms with Gasteiger partial charge in [0.05, 0.1) is 11.4 Å². The third-order valence-corrected chi connectivity index (χ3v) is 9.30. The zero-order valence-electron chi connectivity index (χ0n) is 27.5. The standard InChI is InChI=1S/C46H32N4/c1-31-13-12-22-43(47-31)33-25-23-32(24-26-33)38-28-39(44-41-20-10-8-18-36(41)27-37-19-9-11-21-42(37)44)30-40(29-38)50-46(35-16-6-3-7-17-35)48-45(49-50)34-14-4-2-5-15-34/h2-30H,1H3. The van der Waals surface area contributed by atoms with Crippen molar-refractivity contribution in [1.82, 2.24) is 19.7 Å². The number of aryl methyl sites for hydroxylation is 1. The molecule has 0 spiro atoms. The maximum absolute atomic E-state index is 5.18. The Labute approximate surface area is 291 Å². The molecule has 4 heteroatoms. The summed E-state index contributed by atoms with van der Waals surface area (Å²) in [6, 6.07) is 61.8. The number of hydrogen-bond donors (Lipinski definition) is 0. The number of rotatable bonds is 6. The van der Waals surface area contributed by atoms with Crippen LogP contribution >= 0.6 is 0 Å². The summed E-state index contributed by atoms with van der Waals surface area (Å²) in [4.78, 5) is 9.89. The summed E-state index contributed by atoms with van der Waals surface area (Å²) in [6.07, 6.45) is 0. The molecule has 0 aliphatic carbocycles. The van der Waals surface area contributed by atoms with Gasteiger partial charge in [0, 0.05) is 22.4 Å². The first kappa shape index (κ1) is 29.5. The van der Waals surface area contributed by atoms with E-state index in [0.717, 1.165) is 56.3 Å². The monoisotopic (exact) mass is 640 g/mol. The van der Waals surface area contributed by atoms with Gasteiger partial charge in [0.2, 0.25) is 0 Å². The molecule has 2 heterocycles. The van der Waals surface area contributed by atoms with Crippen LogP contribution in [-0.4, -0.2) is 19.7 Å². The molecule has 0 bridgehead atoms. The van der Waals surface area contributed by atoms with E-state index in [1.165, 1.54) is 27.1 Å². The quantitative estimate of drug-likeness (QED) is 0.170. The SMILES string of the molecule is Cc1cccc(-c2ccc(-c3cc(-c4c5ccccc5cc5ccccc45)cc(-n4nc(-c5ccccc5)nc4-c4ccccc4)c3)cc2)n1. The molecule has 0 saturated carbocycles. The van der Waals surface area contributed by atoms with Crippen LogP contribution in [0.3, 0.4) is 0 Å². The average molecular weight is 641 g/mol. The smallest absolute Gasteiger partial charge is 0.182 e. The summed E-state index contributed by atoms with van der Waals surface area (Å²) in [6.45, 7) is 2.03. The van der Waals surface area contributed by atoms with Crippen LogP contribution in [0.1, 0.15) is 5.69 Å². The molecule has 236 valence electrons. The van der Waals surface area contributed by atoms with Gasteiger partial charge in [0.1, 0.15) is 0 Å². The Hall–Kier alpha value is -6.65. The molecule has 4 nitrogen and oxygen atoms in total. The van der Waals surface area contributed by atoms with E-state index in [0.29, 0.717) is 5.82 Å². The van der Waals surface area contributed by atoms with E-state index in [-0.39, 0.29) is 0 Å². The molecule has 0 aliphatic heterocycles. The van der Waals surface area contributed by atoms with Crippen molar-refractivity contribution >= 4 is 21.5 Å². The zero-order chi connectivity index (χ0) is 33.4. The number of benzene rings is 7. The first-order valence-corrected chi connectivity index (χ1v) is 16.9. The van der Waals surface area contributed by atoms with Gasteiger partial charge in [-0.2, -0.15) is 0 Å². The minimum absolute atomic E-state index is 0.682. The van der Waals surface area contributed by atoms with E-state index < -0.39 is 0 Å². The second-order valence-electron chi connectivity index (χ2n) is 12.6. The van der Waals surface area contributed by atoms with E-state index in [9.17, 15) is 0 Å². The topological polar surface area (TPSA) is 43.6 Å². The Kier molecular flexibility index (Phi) is 7.33. The number of fused-ring (bicyclic) bond motifs is 2. The zero-order valence-corrected chi connectivity index (χ0v) is 27.5. The van der Waals surface area contributed by atoms with Crippen molar-refractivity contribution in [3.8, 4) is 62.0 Å². The summed E-state index contributed by atoms with van der Waals surface area (Å²) in [5.74, 6) is 1.47. The molecule has 0 saturated heterocycles. The highest BCUT2D eigenvalue weighted by Crippen LogP contribution is 2.40. The lowest BCUT2D eigenvalue weighted by Gasteiger charge is -2.16. The Morgan fingerprint density at radius 3 is 1.70 bits per heavy atom. The Balaban J connectivity index is 1.30.